The summed E-state index contributed by atoms with van der Waals surface area (Å²) in [6, 6.07) is 9.82. The van der Waals surface area contributed by atoms with Crippen LogP contribution < -0.4 is 5.32 Å². The fraction of sp³-hybridized carbons (Fsp3) is 0.333. The lowest BCUT2D eigenvalue weighted by molar-refractivity contribution is -0.138. The maximum Gasteiger partial charge on any atom is 0.242 e. The van der Waals surface area contributed by atoms with E-state index in [0.29, 0.717) is 32.4 Å². The Bertz CT molecular complexity index is 890. The smallest absolute Gasteiger partial charge is 0.242 e. The van der Waals surface area contributed by atoms with Crippen LogP contribution in [0.4, 0.5) is 0 Å². The second-order valence-corrected chi connectivity index (χ2v) is 9.15. The first kappa shape index (κ1) is 25.2. The molecule has 0 saturated heterocycles. The maximum atomic E-state index is 13.0. The molecular weight excluding hydrogens is 486 g/mol. The van der Waals surface area contributed by atoms with Gasteiger partial charge in [0.15, 0.2) is 0 Å². The van der Waals surface area contributed by atoms with Crippen LogP contribution in [0, 0.1) is 0 Å². The molecule has 0 fully saturated rings. The Labute approximate surface area is 201 Å². The molecule has 0 aliphatic carbocycles. The molecule has 162 valence electrons. The Morgan fingerprint density at radius 1 is 1.03 bits per heavy atom. The first-order valence-corrected chi connectivity index (χ1v) is 11.9. The second kappa shape index (κ2) is 12.1. The number of halogens is 4. The van der Waals surface area contributed by atoms with E-state index < -0.39 is 6.04 Å². The molecule has 0 radical (unpaired) electrons. The molecule has 2 aromatic rings. The normalized spacial score (nSPS) is 11.8. The Balaban J connectivity index is 2.12. The van der Waals surface area contributed by atoms with E-state index in [0.717, 1.165) is 11.1 Å². The van der Waals surface area contributed by atoms with E-state index in [1.807, 2.05) is 6.92 Å². The summed E-state index contributed by atoms with van der Waals surface area (Å²) in [7, 11) is 0. The lowest BCUT2D eigenvalue weighted by Crippen LogP contribution is -2.48. The third-order valence-corrected chi connectivity index (χ3v) is 6.78. The van der Waals surface area contributed by atoms with Crippen LogP contribution in [0.25, 0.3) is 0 Å². The van der Waals surface area contributed by atoms with Crippen molar-refractivity contribution in [3.63, 3.8) is 0 Å². The van der Waals surface area contributed by atoms with Gasteiger partial charge in [0.2, 0.25) is 11.8 Å². The van der Waals surface area contributed by atoms with Crippen LogP contribution in [-0.4, -0.2) is 35.1 Å². The molecule has 2 amide bonds. The highest BCUT2D eigenvalue weighted by molar-refractivity contribution is 7.99. The minimum absolute atomic E-state index is 0.173. The van der Waals surface area contributed by atoms with E-state index in [-0.39, 0.29) is 24.1 Å². The van der Waals surface area contributed by atoms with Crippen molar-refractivity contribution >= 4 is 70.0 Å². The Hall–Kier alpha value is -1.11. The number of nitrogens with zero attached hydrogens (tertiary/aromatic N) is 1. The summed E-state index contributed by atoms with van der Waals surface area (Å²) in [4.78, 5) is 26.9. The van der Waals surface area contributed by atoms with Crippen molar-refractivity contribution in [2.24, 2.45) is 0 Å². The van der Waals surface area contributed by atoms with Gasteiger partial charge in [-0.2, -0.15) is 0 Å². The first-order chi connectivity index (χ1) is 14.2. The van der Waals surface area contributed by atoms with Gasteiger partial charge in [-0.05, 0) is 49.2 Å². The molecule has 0 aromatic heterocycles. The minimum Gasteiger partial charge on any atom is -0.355 e. The predicted molar refractivity (Wildman–Crippen MR) is 128 cm³/mol. The summed E-state index contributed by atoms with van der Waals surface area (Å²) in [5.41, 5.74) is 1.57. The Morgan fingerprint density at radius 2 is 1.70 bits per heavy atom. The molecular formula is C21H22Cl4N2O2S. The van der Waals surface area contributed by atoms with Crippen LogP contribution in [0.15, 0.2) is 36.4 Å². The average molecular weight is 508 g/mol. The van der Waals surface area contributed by atoms with Gasteiger partial charge >= 0.3 is 0 Å². The van der Waals surface area contributed by atoms with Crippen LogP contribution in [-0.2, 0) is 21.9 Å². The van der Waals surface area contributed by atoms with Gasteiger partial charge in [-0.15, -0.1) is 11.8 Å². The summed E-state index contributed by atoms with van der Waals surface area (Å²) in [5, 5.41) is 4.71. The summed E-state index contributed by atoms with van der Waals surface area (Å²) in [6.45, 7) is 4.26. The van der Waals surface area contributed by atoms with Gasteiger partial charge in [0.25, 0.3) is 0 Å². The van der Waals surface area contributed by atoms with Crippen molar-refractivity contribution in [2.75, 3.05) is 12.3 Å². The van der Waals surface area contributed by atoms with Crippen molar-refractivity contribution in [2.45, 2.75) is 32.2 Å². The lowest BCUT2D eigenvalue weighted by atomic mass is 10.1. The minimum atomic E-state index is -0.642. The van der Waals surface area contributed by atoms with Crippen LogP contribution >= 0.6 is 58.2 Å². The van der Waals surface area contributed by atoms with Gasteiger partial charge in [-0.25, -0.2) is 0 Å². The van der Waals surface area contributed by atoms with E-state index >= 15 is 0 Å². The zero-order chi connectivity index (χ0) is 22.3. The highest BCUT2D eigenvalue weighted by Gasteiger charge is 2.26. The summed E-state index contributed by atoms with van der Waals surface area (Å²) < 4.78 is 0. The molecule has 0 heterocycles. The molecule has 0 bridgehead atoms. The average Bonchev–Trinajstić information content (AvgIpc) is 2.70. The van der Waals surface area contributed by atoms with Crippen molar-refractivity contribution in [3.05, 3.63) is 67.6 Å². The molecule has 0 spiro atoms. The van der Waals surface area contributed by atoms with Crippen LogP contribution in [0.1, 0.15) is 25.0 Å². The molecule has 1 unspecified atom stereocenters. The monoisotopic (exact) mass is 506 g/mol. The topological polar surface area (TPSA) is 49.4 Å². The molecule has 0 saturated carbocycles. The van der Waals surface area contributed by atoms with Crippen molar-refractivity contribution in [3.8, 4) is 0 Å². The summed E-state index contributed by atoms with van der Waals surface area (Å²) >= 11 is 25.9. The number of likely N-dealkylation sites (N-methyl/N-ethyl adjacent to an activating group) is 1. The van der Waals surface area contributed by atoms with E-state index in [9.17, 15) is 9.59 Å². The van der Waals surface area contributed by atoms with Crippen LogP contribution in [0.3, 0.4) is 0 Å². The van der Waals surface area contributed by atoms with E-state index in [1.54, 1.807) is 43.3 Å². The zero-order valence-corrected chi connectivity index (χ0v) is 20.4. The van der Waals surface area contributed by atoms with Gasteiger partial charge in [-0.1, -0.05) is 58.5 Å². The summed E-state index contributed by atoms with van der Waals surface area (Å²) in [6.07, 6.45) is 0. The number of thioether (sulfide) groups is 1. The quantitative estimate of drug-likeness (QED) is 0.447. The standard InChI is InChI=1S/C21H22Cl4N2O2S/c1-3-26-21(29)13(2)27(10-14-7-8-18(24)19(25)9-14)20(28)12-30-11-15-16(22)5-4-6-17(15)23/h4-9,13H,3,10-12H2,1-2H3,(H,26,29). The second-order valence-electron chi connectivity index (χ2n) is 6.53. The molecule has 2 aromatic carbocycles. The van der Waals surface area contributed by atoms with Crippen LogP contribution in [0.2, 0.25) is 20.1 Å². The Kier molecular flexibility index (Phi) is 10.1. The fourth-order valence-electron chi connectivity index (χ4n) is 2.73. The van der Waals surface area contributed by atoms with Gasteiger partial charge < -0.3 is 10.2 Å². The highest BCUT2D eigenvalue weighted by atomic mass is 35.5. The number of carbonyl (C=O) groups excluding carboxylic acids is 2. The fourth-order valence-corrected chi connectivity index (χ4v) is 4.70. The highest BCUT2D eigenvalue weighted by Crippen LogP contribution is 2.29. The molecule has 4 nitrogen and oxygen atoms in total. The number of rotatable bonds is 9. The van der Waals surface area contributed by atoms with Crippen molar-refractivity contribution in [1.29, 1.82) is 0 Å². The number of nitrogens with one attached hydrogen (secondary N) is 1. The number of hydrogen-bond acceptors (Lipinski definition) is 3. The maximum absolute atomic E-state index is 13.0. The zero-order valence-electron chi connectivity index (χ0n) is 16.6. The molecule has 30 heavy (non-hydrogen) atoms. The van der Waals surface area contributed by atoms with Crippen LogP contribution in [0.5, 0.6) is 0 Å². The number of hydrogen-bond donors (Lipinski definition) is 1. The summed E-state index contributed by atoms with van der Waals surface area (Å²) in [5.74, 6) is 0.269. The molecule has 9 heteroatoms. The first-order valence-electron chi connectivity index (χ1n) is 9.26. The molecule has 0 aliphatic heterocycles. The number of amides is 2. The molecule has 1 N–H and O–H groups in total. The van der Waals surface area contributed by atoms with Gasteiger partial charge in [-0.3, -0.25) is 9.59 Å². The van der Waals surface area contributed by atoms with E-state index in [4.69, 9.17) is 46.4 Å². The predicted octanol–water partition coefficient (Wildman–Crippen LogP) is 6.09. The molecule has 0 aliphatic rings. The third-order valence-electron chi connectivity index (χ3n) is 4.39. The third kappa shape index (κ3) is 6.96. The van der Waals surface area contributed by atoms with Gasteiger partial charge in [0.05, 0.1) is 15.8 Å². The van der Waals surface area contributed by atoms with Gasteiger partial charge in [0.1, 0.15) is 6.04 Å². The van der Waals surface area contributed by atoms with Gasteiger partial charge in [0, 0.05) is 28.9 Å². The SMILES string of the molecule is CCNC(=O)C(C)N(Cc1ccc(Cl)c(Cl)c1)C(=O)CSCc1c(Cl)cccc1Cl. The number of benzene rings is 2. The number of carbonyl (C=O) groups is 2. The molecule has 1 atom stereocenters. The van der Waals surface area contributed by atoms with Crippen molar-refractivity contribution in [1.82, 2.24) is 10.2 Å². The van der Waals surface area contributed by atoms with Crippen molar-refractivity contribution < 1.29 is 9.59 Å². The molecule has 2 rings (SSSR count). The lowest BCUT2D eigenvalue weighted by Gasteiger charge is -2.28. The van der Waals surface area contributed by atoms with E-state index in [1.165, 1.54) is 16.7 Å². The Morgan fingerprint density at radius 3 is 2.30 bits per heavy atom. The van der Waals surface area contributed by atoms with E-state index in [2.05, 4.69) is 5.32 Å². The largest absolute Gasteiger partial charge is 0.355 e.